The van der Waals surface area contributed by atoms with Crippen LogP contribution in [0.4, 0.5) is 0 Å². The van der Waals surface area contributed by atoms with Crippen LogP contribution >= 0.6 is 0 Å². The number of primary amides is 1. The van der Waals surface area contributed by atoms with E-state index in [2.05, 4.69) is 20.8 Å². The molecule has 2 aliphatic rings. The molecule has 2 aliphatic carbocycles. The van der Waals surface area contributed by atoms with Gasteiger partial charge in [-0.1, -0.05) is 20.8 Å². The first-order valence-corrected chi connectivity index (χ1v) is 5.17. The van der Waals surface area contributed by atoms with Crippen molar-refractivity contribution in [2.24, 2.45) is 28.4 Å². The van der Waals surface area contributed by atoms with E-state index in [0.717, 1.165) is 5.92 Å². The average molecular weight is 181 g/mol. The van der Waals surface area contributed by atoms with Gasteiger partial charge in [0.25, 0.3) is 0 Å². The molecule has 3 atom stereocenters. The molecule has 2 rings (SSSR count). The molecule has 0 heterocycles. The Morgan fingerprint density at radius 3 is 2.31 bits per heavy atom. The van der Waals surface area contributed by atoms with E-state index in [9.17, 15) is 4.79 Å². The maximum absolute atomic E-state index is 11.4. The molecule has 13 heavy (non-hydrogen) atoms. The van der Waals surface area contributed by atoms with Crippen molar-refractivity contribution in [3.05, 3.63) is 0 Å². The minimum atomic E-state index is -0.0882. The summed E-state index contributed by atoms with van der Waals surface area (Å²) in [5, 5.41) is 0. The zero-order valence-corrected chi connectivity index (χ0v) is 8.76. The van der Waals surface area contributed by atoms with Gasteiger partial charge in [-0.3, -0.25) is 4.79 Å². The second-order valence-corrected chi connectivity index (χ2v) is 5.75. The van der Waals surface area contributed by atoms with Gasteiger partial charge in [0.15, 0.2) is 0 Å². The molecule has 2 heteroatoms. The molecular formula is C11H19NO. The third-order valence-corrected chi connectivity index (χ3v) is 4.55. The van der Waals surface area contributed by atoms with Crippen LogP contribution in [-0.2, 0) is 4.79 Å². The predicted octanol–water partition coefficient (Wildman–Crippen LogP) is 1.93. The molecule has 0 radical (unpaired) electrons. The summed E-state index contributed by atoms with van der Waals surface area (Å²) >= 11 is 0. The van der Waals surface area contributed by atoms with Crippen molar-refractivity contribution >= 4 is 5.91 Å². The molecular weight excluding hydrogens is 162 g/mol. The monoisotopic (exact) mass is 181 g/mol. The van der Waals surface area contributed by atoms with Crippen LogP contribution in [0.25, 0.3) is 0 Å². The van der Waals surface area contributed by atoms with Crippen LogP contribution in [-0.4, -0.2) is 5.91 Å². The summed E-state index contributed by atoms with van der Waals surface area (Å²) in [7, 11) is 0. The van der Waals surface area contributed by atoms with Gasteiger partial charge in [-0.2, -0.15) is 0 Å². The quantitative estimate of drug-likeness (QED) is 0.660. The van der Waals surface area contributed by atoms with Crippen molar-refractivity contribution in [3.63, 3.8) is 0 Å². The number of carbonyl (C=O) groups excluding carboxylic acids is 1. The maximum Gasteiger partial charge on any atom is 0.221 e. The summed E-state index contributed by atoms with van der Waals surface area (Å²) in [6, 6.07) is 0. The Morgan fingerprint density at radius 2 is 2.00 bits per heavy atom. The molecule has 0 aromatic rings. The number of hydrogen-bond donors (Lipinski definition) is 1. The van der Waals surface area contributed by atoms with Crippen molar-refractivity contribution in [1.82, 2.24) is 0 Å². The highest BCUT2D eigenvalue weighted by atomic mass is 16.1. The molecule has 74 valence electrons. The topological polar surface area (TPSA) is 43.1 Å². The van der Waals surface area contributed by atoms with Crippen molar-refractivity contribution in [2.45, 2.75) is 40.0 Å². The Morgan fingerprint density at radius 1 is 1.38 bits per heavy atom. The summed E-state index contributed by atoms with van der Waals surface area (Å²) in [5.41, 5.74) is 5.85. The van der Waals surface area contributed by atoms with Gasteiger partial charge >= 0.3 is 0 Å². The molecule has 0 spiro atoms. The van der Waals surface area contributed by atoms with Gasteiger partial charge in [0.1, 0.15) is 0 Å². The first kappa shape index (κ1) is 9.04. The molecule has 0 aromatic carbocycles. The molecule has 2 unspecified atom stereocenters. The highest BCUT2D eigenvalue weighted by Crippen LogP contribution is 2.65. The van der Waals surface area contributed by atoms with Crippen molar-refractivity contribution in [2.75, 3.05) is 0 Å². The van der Waals surface area contributed by atoms with E-state index >= 15 is 0 Å². The summed E-state index contributed by atoms with van der Waals surface area (Å²) < 4.78 is 0. The van der Waals surface area contributed by atoms with E-state index < -0.39 is 0 Å². The minimum Gasteiger partial charge on any atom is -0.369 e. The van der Waals surface area contributed by atoms with Gasteiger partial charge in [0.2, 0.25) is 5.91 Å². The number of rotatable bonds is 1. The third-order valence-electron chi connectivity index (χ3n) is 4.55. The molecule has 0 aromatic heterocycles. The summed E-state index contributed by atoms with van der Waals surface area (Å²) in [6.45, 7) is 6.65. The Kier molecular flexibility index (Phi) is 1.59. The highest BCUT2D eigenvalue weighted by molar-refractivity contribution is 5.79. The van der Waals surface area contributed by atoms with Crippen LogP contribution in [0.3, 0.4) is 0 Å². The summed E-state index contributed by atoms with van der Waals surface area (Å²) in [5.74, 6) is 0.725. The van der Waals surface area contributed by atoms with E-state index in [1.165, 1.54) is 19.3 Å². The van der Waals surface area contributed by atoms with Crippen LogP contribution in [0.5, 0.6) is 0 Å². The van der Waals surface area contributed by atoms with Crippen LogP contribution in [0.15, 0.2) is 0 Å². The smallest absolute Gasteiger partial charge is 0.221 e. The normalized spacial score (nSPS) is 46.7. The standard InChI is InChI=1S/C11H19NO/c1-10(2)7-4-5-11(3,6-7)8(10)9(12)13/h7-8H,4-6H2,1-3H3,(H2,12,13)/t7?,8?,11-/m1/s1. The molecule has 2 nitrogen and oxygen atoms in total. The first-order chi connectivity index (χ1) is 5.88. The zero-order chi connectivity index (χ0) is 9.85. The Hall–Kier alpha value is -0.530. The van der Waals surface area contributed by atoms with Gasteiger partial charge < -0.3 is 5.73 Å². The largest absolute Gasteiger partial charge is 0.369 e. The molecule has 1 amide bonds. The predicted molar refractivity (Wildman–Crippen MR) is 51.9 cm³/mol. The van der Waals surface area contributed by atoms with Gasteiger partial charge in [-0.25, -0.2) is 0 Å². The van der Waals surface area contributed by atoms with E-state index in [0.29, 0.717) is 0 Å². The lowest BCUT2D eigenvalue weighted by atomic mass is 9.63. The van der Waals surface area contributed by atoms with Gasteiger partial charge in [-0.15, -0.1) is 0 Å². The zero-order valence-electron chi connectivity index (χ0n) is 8.76. The summed E-state index contributed by atoms with van der Waals surface area (Å²) in [6.07, 6.45) is 3.68. The second-order valence-electron chi connectivity index (χ2n) is 5.75. The fourth-order valence-corrected chi connectivity index (χ4v) is 4.01. The van der Waals surface area contributed by atoms with Gasteiger partial charge in [-0.05, 0) is 36.0 Å². The lowest BCUT2D eigenvalue weighted by molar-refractivity contribution is -0.130. The van der Waals surface area contributed by atoms with Gasteiger partial charge in [0.05, 0.1) is 0 Å². The Labute approximate surface area is 79.9 Å². The van der Waals surface area contributed by atoms with Crippen LogP contribution in [0, 0.1) is 22.7 Å². The fraction of sp³-hybridized carbons (Fsp3) is 0.909. The van der Waals surface area contributed by atoms with E-state index in [1.807, 2.05) is 0 Å². The minimum absolute atomic E-state index is 0.0882. The highest BCUT2D eigenvalue weighted by Gasteiger charge is 2.61. The van der Waals surface area contributed by atoms with Crippen molar-refractivity contribution in [1.29, 1.82) is 0 Å². The maximum atomic E-state index is 11.4. The fourth-order valence-electron chi connectivity index (χ4n) is 4.01. The van der Waals surface area contributed by atoms with Crippen molar-refractivity contribution in [3.8, 4) is 0 Å². The average Bonchev–Trinajstić information content (AvgIpc) is 2.36. The van der Waals surface area contributed by atoms with E-state index in [1.54, 1.807) is 0 Å². The number of amides is 1. The SMILES string of the molecule is CC1(C)C2CC[C@](C)(C2)C1C(N)=O. The molecule has 2 fully saturated rings. The van der Waals surface area contributed by atoms with Crippen molar-refractivity contribution < 1.29 is 4.79 Å². The molecule has 2 saturated carbocycles. The van der Waals surface area contributed by atoms with E-state index in [-0.39, 0.29) is 22.7 Å². The first-order valence-electron chi connectivity index (χ1n) is 5.17. The Balaban J connectivity index is 2.39. The Bertz CT molecular complexity index is 254. The molecule has 2 bridgehead atoms. The van der Waals surface area contributed by atoms with Crippen LogP contribution in [0.2, 0.25) is 0 Å². The number of carbonyl (C=O) groups is 1. The van der Waals surface area contributed by atoms with Crippen LogP contribution < -0.4 is 5.73 Å². The summed E-state index contributed by atoms with van der Waals surface area (Å²) in [4.78, 5) is 11.4. The molecule has 2 N–H and O–H groups in total. The third kappa shape index (κ3) is 0.976. The van der Waals surface area contributed by atoms with Gasteiger partial charge in [0, 0.05) is 5.92 Å². The van der Waals surface area contributed by atoms with E-state index in [4.69, 9.17) is 5.73 Å². The number of fused-ring (bicyclic) bond motifs is 2. The number of hydrogen-bond acceptors (Lipinski definition) is 1. The lowest BCUT2D eigenvalue weighted by Crippen LogP contribution is -2.43. The molecule has 0 saturated heterocycles. The molecule has 0 aliphatic heterocycles. The number of nitrogens with two attached hydrogens (primary N) is 1. The second kappa shape index (κ2) is 2.28. The lowest BCUT2D eigenvalue weighted by Gasteiger charge is -2.40. The van der Waals surface area contributed by atoms with Crippen LogP contribution in [0.1, 0.15) is 40.0 Å².